The molecule has 0 heterocycles. The number of carboxylic acids is 2. The van der Waals surface area contributed by atoms with Gasteiger partial charge in [-0.15, -0.1) is 0 Å². The quantitative estimate of drug-likeness (QED) is 0.407. The fourth-order valence-corrected chi connectivity index (χ4v) is 2.01. The van der Waals surface area contributed by atoms with Gasteiger partial charge in [-0.2, -0.15) is 0 Å². The number of hydrogen-bond acceptors (Lipinski definition) is 4. The Labute approximate surface area is 204 Å². The average Bonchev–Trinajstić information content (AvgIpc) is 2.24. The van der Waals surface area contributed by atoms with Crippen LogP contribution in [0.3, 0.4) is 0 Å². The number of hydrogen-bond donors (Lipinski definition) is 0. The second-order valence-electron chi connectivity index (χ2n) is 5.39. The van der Waals surface area contributed by atoms with Gasteiger partial charge in [-0.25, -0.2) is 0 Å². The Bertz CT molecular complexity index is 438. The van der Waals surface area contributed by atoms with Crippen LogP contribution in [-0.2, 0) is 16.0 Å². The van der Waals surface area contributed by atoms with E-state index in [9.17, 15) is 19.8 Å². The predicted octanol–water partition coefficient (Wildman–Crippen LogP) is -6.23. The Morgan fingerprint density at radius 3 is 1.65 bits per heavy atom. The summed E-state index contributed by atoms with van der Waals surface area (Å²) in [6.07, 6.45) is -0.151. The fraction of sp³-hybridized carbons (Fsp3) is 0.429. The maximum absolute atomic E-state index is 11.4. The number of aliphatic carboxylic acids is 2. The zero-order chi connectivity index (χ0) is 14.0. The molecule has 0 radical (unpaired) electrons. The molecule has 0 saturated carbocycles. The molecule has 0 spiro atoms. The molecule has 0 saturated heterocycles. The Morgan fingerprint density at radius 1 is 0.950 bits per heavy atom. The van der Waals surface area contributed by atoms with Crippen molar-refractivity contribution in [2.24, 2.45) is 10.8 Å². The van der Waals surface area contributed by atoms with E-state index in [0.29, 0.717) is 5.56 Å². The van der Waals surface area contributed by atoms with Gasteiger partial charge < -0.3 is 19.8 Å². The molecule has 4 nitrogen and oxygen atoms in total. The van der Waals surface area contributed by atoms with Crippen LogP contribution in [0, 0.1) is 10.8 Å². The summed E-state index contributed by atoms with van der Waals surface area (Å²) in [6.45, 7) is 4.67. The van der Waals surface area contributed by atoms with E-state index in [1.807, 2.05) is 0 Å². The molecule has 6 heteroatoms. The Kier molecular flexibility index (Phi) is 11.3. The minimum atomic E-state index is -2.05. The van der Waals surface area contributed by atoms with Crippen molar-refractivity contribution in [2.45, 2.75) is 27.2 Å². The minimum Gasteiger partial charge on any atom is -0.549 e. The van der Waals surface area contributed by atoms with Gasteiger partial charge >= 0.3 is 103 Å². The second-order valence-corrected chi connectivity index (χ2v) is 5.39. The smallest absolute Gasteiger partial charge is 0.549 e. The standard InChI is InChI=1S/C14H18O4.2K/c1-13(2,3)14(11(15)16,12(17)18)9-10-7-5-4-6-8-10;;/h4-8H,9H2,1-3H3,(H,15,16)(H,17,18);;/q;2*+1/p-2. The molecule has 0 fully saturated rings. The van der Waals surface area contributed by atoms with Crippen molar-refractivity contribution in [3.05, 3.63) is 35.9 Å². The summed E-state index contributed by atoms with van der Waals surface area (Å²) in [5, 5.41) is 22.8. The number of carbonyl (C=O) groups excluding carboxylic acids is 2. The Balaban J connectivity index is 0. The molecule has 0 atom stereocenters. The third-order valence-corrected chi connectivity index (χ3v) is 3.29. The van der Waals surface area contributed by atoms with Gasteiger partial charge in [0.05, 0.1) is 17.4 Å². The largest absolute Gasteiger partial charge is 1.00 e. The van der Waals surface area contributed by atoms with E-state index in [4.69, 9.17) is 0 Å². The van der Waals surface area contributed by atoms with E-state index in [1.165, 1.54) is 0 Å². The maximum atomic E-state index is 11.4. The van der Waals surface area contributed by atoms with E-state index >= 15 is 0 Å². The normalized spacial score (nSPS) is 10.9. The minimum absolute atomic E-state index is 0. The zero-order valence-corrected chi connectivity index (χ0v) is 19.0. The molecule has 98 valence electrons. The molecule has 1 aromatic rings. The first-order chi connectivity index (χ1) is 8.22. The second kappa shape index (κ2) is 9.54. The molecule has 0 bridgehead atoms. The molecule has 0 unspecified atom stereocenters. The summed E-state index contributed by atoms with van der Waals surface area (Å²) in [4.78, 5) is 22.8. The van der Waals surface area contributed by atoms with Crippen LogP contribution >= 0.6 is 0 Å². The van der Waals surface area contributed by atoms with Crippen molar-refractivity contribution < 1.29 is 123 Å². The zero-order valence-electron chi connectivity index (χ0n) is 12.7. The van der Waals surface area contributed by atoms with Crippen LogP contribution in [0.2, 0.25) is 0 Å². The van der Waals surface area contributed by atoms with Crippen molar-refractivity contribution in [2.75, 3.05) is 0 Å². The predicted molar refractivity (Wildman–Crippen MR) is 62.0 cm³/mol. The summed E-state index contributed by atoms with van der Waals surface area (Å²) < 4.78 is 0. The molecule has 1 rings (SSSR count). The molecule has 0 N–H and O–H groups in total. The first-order valence-corrected chi connectivity index (χ1v) is 5.68. The molecule has 0 aliphatic rings. The van der Waals surface area contributed by atoms with Gasteiger partial charge in [-0.05, 0) is 17.4 Å². The summed E-state index contributed by atoms with van der Waals surface area (Å²) >= 11 is 0. The molecule has 0 amide bonds. The van der Waals surface area contributed by atoms with Crippen LogP contribution < -0.4 is 113 Å². The van der Waals surface area contributed by atoms with E-state index in [2.05, 4.69) is 0 Å². The number of carbonyl (C=O) groups is 2. The summed E-state index contributed by atoms with van der Waals surface area (Å²) in [5.41, 5.74) is -2.43. The SMILES string of the molecule is CC(C)(C)C(Cc1ccccc1)(C(=O)[O-])C(=O)[O-].[K+].[K+]. The van der Waals surface area contributed by atoms with Gasteiger partial charge in [0.2, 0.25) is 0 Å². The third-order valence-electron chi connectivity index (χ3n) is 3.29. The molecule has 0 aromatic heterocycles. The van der Waals surface area contributed by atoms with Crippen LogP contribution in [0.1, 0.15) is 26.3 Å². The Hall–Kier alpha value is 1.43. The van der Waals surface area contributed by atoms with E-state index in [-0.39, 0.29) is 109 Å². The monoisotopic (exact) mass is 326 g/mol. The van der Waals surface area contributed by atoms with Crippen molar-refractivity contribution >= 4 is 11.9 Å². The number of benzene rings is 1. The first-order valence-electron chi connectivity index (χ1n) is 5.68. The van der Waals surface area contributed by atoms with Crippen LogP contribution in [0.15, 0.2) is 30.3 Å². The Morgan fingerprint density at radius 2 is 1.35 bits per heavy atom. The van der Waals surface area contributed by atoms with Gasteiger partial charge in [0, 0.05) is 0 Å². The van der Waals surface area contributed by atoms with Gasteiger partial charge in [-0.1, -0.05) is 51.1 Å². The molecule has 1 aromatic carbocycles. The van der Waals surface area contributed by atoms with Crippen molar-refractivity contribution in [3.8, 4) is 0 Å². The molecular formula is C14H16K2O4. The van der Waals surface area contributed by atoms with Gasteiger partial charge in [0.1, 0.15) is 0 Å². The fourth-order valence-electron chi connectivity index (χ4n) is 2.01. The third kappa shape index (κ3) is 5.26. The van der Waals surface area contributed by atoms with E-state index in [1.54, 1.807) is 51.1 Å². The summed E-state index contributed by atoms with van der Waals surface area (Å²) in [5.74, 6) is -3.22. The van der Waals surface area contributed by atoms with Crippen LogP contribution in [0.5, 0.6) is 0 Å². The maximum Gasteiger partial charge on any atom is 1.00 e. The van der Waals surface area contributed by atoms with E-state index in [0.717, 1.165) is 0 Å². The topological polar surface area (TPSA) is 80.3 Å². The molecule has 20 heavy (non-hydrogen) atoms. The van der Waals surface area contributed by atoms with Gasteiger partial charge in [0.15, 0.2) is 0 Å². The van der Waals surface area contributed by atoms with Crippen molar-refractivity contribution in [1.82, 2.24) is 0 Å². The summed E-state index contributed by atoms with van der Waals surface area (Å²) in [7, 11) is 0. The van der Waals surface area contributed by atoms with E-state index < -0.39 is 22.8 Å². The van der Waals surface area contributed by atoms with Crippen LogP contribution in [-0.4, -0.2) is 11.9 Å². The van der Waals surface area contributed by atoms with Crippen LogP contribution in [0.25, 0.3) is 0 Å². The number of carboxylic acid groups (broad SMARTS) is 2. The first kappa shape index (κ1) is 23.7. The molecule has 0 aliphatic carbocycles. The molecule has 0 aliphatic heterocycles. The number of rotatable bonds is 4. The van der Waals surface area contributed by atoms with Crippen molar-refractivity contribution in [1.29, 1.82) is 0 Å². The average molecular weight is 326 g/mol. The van der Waals surface area contributed by atoms with Crippen molar-refractivity contribution in [3.63, 3.8) is 0 Å². The van der Waals surface area contributed by atoms with Gasteiger partial charge in [-0.3, -0.25) is 0 Å². The van der Waals surface area contributed by atoms with Gasteiger partial charge in [0.25, 0.3) is 0 Å². The van der Waals surface area contributed by atoms with Crippen LogP contribution in [0.4, 0.5) is 0 Å². The molecular weight excluding hydrogens is 310 g/mol. The summed E-state index contributed by atoms with van der Waals surface area (Å²) in [6, 6.07) is 8.61.